The number of ether oxygens (including phenoxy) is 4. The standard InChI is InChI=1S/C25H44O8/c1-5-9-11-15-23(28)32-19-25(17-30-21(26)13-7-3,18-31-22(27)14-8-4)20-33-24(29)16-12-10-6-2/h5-20H2,1-4H3. The predicted molar refractivity (Wildman–Crippen MR) is 124 cm³/mol. The summed E-state index contributed by atoms with van der Waals surface area (Å²) in [6.45, 7) is 7.07. The molecule has 0 aliphatic heterocycles. The van der Waals surface area contributed by atoms with Crippen molar-refractivity contribution >= 4 is 23.9 Å². The van der Waals surface area contributed by atoms with E-state index in [9.17, 15) is 19.2 Å². The lowest BCUT2D eigenvalue weighted by atomic mass is 9.92. The number of esters is 4. The zero-order valence-corrected chi connectivity index (χ0v) is 21.1. The second-order valence-electron chi connectivity index (χ2n) is 8.56. The Hall–Kier alpha value is -2.12. The van der Waals surface area contributed by atoms with E-state index in [0.29, 0.717) is 25.7 Å². The minimum Gasteiger partial charge on any atom is -0.465 e. The highest BCUT2D eigenvalue weighted by Gasteiger charge is 2.37. The Morgan fingerprint density at radius 2 is 0.758 bits per heavy atom. The van der Waals surface area contributed by atoms with E-state index in [0.717, 1.165) is 25.7 Å². The molecule has 0 aliphatic rings. The van der Waals surface area contributed by atoms with Crippen LogP contribution in [-0.2, 0) is 38.1 Å². The van der Waals surface area contributed by atoms with Crippen molar-refractivity contribution in [1.29, 1.82) is 0 Å². The lowest BCUT2D eigenvalue weighted by molar-refractivity contribution is -0.170. The molecule has 0 heterocycles. The van der Waals surface area contributed by atoms with Gasteiger partial charge in [-0.3, -0.25) is 19.2 Å². The molecule has 0 saturated heterocycles. The van der Waals surface area contributed by atoms with Gasteiger partial charge in [-0.2, -0.15) is 0 Å². The first-order chi connectivity index (χ1) is 15.8. The third-order valence-electron chi connectivity index (χ3n) is 5.03. The summed E-state index contributed by atoms with van der Waals surface area (Å²) in [5.41, 5.74) is -1.16. The number of carbonyl (C=O) groups excluding carboxylic acids is 4. The molecule has 0 aliphatic carbocycles. The summed E-state index contributed by atoms with van der Waals surface area (Å²) in [7, 11) is 0. The molecular weight excluding hydrogens is 428 g/mol. The first-order valence-electron chi connectivity index (χ1n) is 12.4. The Morgan fingerprint density at radius 3 is 1.03 bits per heavy atom. The van der Waals surface area contributed by atoms with E-state index in [1.165, 1.54) is 0 Å². The second-order valence-corrected chi connectivity index (χ2v) is 8.56. The maximum atomic E-state index is 12.2. The zero-order valence-electron chi connectivity index (χ0n) is 21.1. The third kappa shape index (κ3) is 16.2. The Balaban J connectivity index is 5.36. The maximum Gasteiger partial charge on any atom is 0.305 e. The molecule has 0 unspecified atom stereocenters. The average molecular weight is 473 g/mol. The summed E-state index contributed by atoms with van der Waals surface area (Å²) in [4.78, 5) is 48.4. The van der Waals surface area contributed by atoms with Crippen molar-refractivity contribution in [2.45, 2.75) is 105 Å². The minimum atomic E-state index is -1.16. The molecule has 8 heteroatoms. The molecule has 8 nitrogen and oxygen atoms in total. The van der Waals surface area contributed by atoms with Gasteiger partial charge in [-0.05, 0) is 25.7 Å². The van der Waals surface area contributed by atoms with Crippen LogP contribution < -0.4 is 0 Å². The normalized spacial score (nSPS) is 11.0. The van der Waals surface area contributed by atoms with Crippen molar-refractivity contribution in [3.8, 4) is 0 Å². The smallest absolute Gasteiger partial charge is 0.305 e. The molecule has 0 spiro atoms. The lowest BCUT2D eigenvalue weighted by Crippen LogP contribution is -2.44. The highest BCUT2D eigenvalue weighted by atomic mass is 16.6. The van der Waals surface area contributed by atoms with Gasteiger partial charge in [0.1, 0.15) is 31.8 Å². The van der Waals surface area contributed by atoms with Gasteiger partial charge in [0.05, 0.1) is 0 Å². The molecule has 0 aromatic carbocycles. The van der Waals surface area contributed by atoms with Gasteiger partial charge in [0.25, 0.3) is 0 Å². The van der Waals surface area contributed by atoms with Gasteiger partial charge >= 0.3 is 23.9 Å². The highest BCUT2D eigenvalue weighted by Crippen LogP contribution is 2.23. The first kappa shape index (κ1) is 30.9. The topological polar surface area (TPSA) is 105 Å². The van der Waals surface area contributed by atoms with Crippen molar-refractivity contribution in [2.75, 3.05) is 26.4 Å². The number of hydrogen-bond acceptors (Lipinski definition) is 8. The average Bonchev–Trinajstić information content (AvgIpc) is 2.79. The van der Waals surface area contributed by atoms with Crippen LogP contribution in [0.2, 0.25) is 0 Å². The zero-order chi connectivity index (χ0) is 25.0. The molecule has 0 amide bonds. The van der Waals surface area contributed by atoms with Gasteiger partial charge in [0, 0.05) is 25.7 Å². The lowest BCUT2D eigenvalue weighted by Gasteiger charge is -2.31. The molecule has 0 aromatic heterocycles. The minimum absolute atomic E-state index is 0.182. The van der Waals surface area contributed by atoms with E-state index in [1.807, 2.05) is 27.7 Å². The number of unbranched alkanes of at least 4 members (excludes halogenated alkanes) is 4. The fourth-order valence-electron chi connectivity index (χ4n) is 2.92. The Kier molecular flexibility index (Phi) is 18.1. The number of hydrogen-bond donors (Lipinski definition) is 0. The van der Waals surface area contributed by atoms with Crippen molar-refractivity contribution < 1.29 is 38.1 Å². The van der Waals surface area contributed by atoms with E-state index < -0.39 is 17.4 Å². The van der Waals surface area contributed by atoms with E-state index in [1.54, 1.807) is 0 Å². The van der Waals surface area contributed by atoms with Crippen LogP contribution in [0.3, 0.4) is 0 Å². The molecule has 0 radical (unpaired) electrons. The molecule has 33 heavy (non-hydrogen) atoms. The SMILES string of the molecule is CCCCCC(=O)OCC(COC(=O)CCC)(COC(=O)CCC)COC(=O)CCCCC. The fourth-order valence-corrected chi connectivity index (χ4v) is 2.92. The van der Waals surface area contributed by atoms with Crippen LogP contribution in [0.25, 0.3) is 0 Å². The van der Waals surface area contributed by atoms with Crippen molar-refractivity contribution in [3.63, 3.8) is 0 Å². The van der Waals surface area contributed by atoms with Crippen LogP contribution >= 0.6 is 0 Å². The summed E-state index contributed by atoms with van der Waals surface area (Å²) >= 11 is 0. The van der Waals surface area contributed by atoms with Crippen LogP contribution in [0.15, 0.2) is 0 Å². The molecule has 0 fully saturated rings. The quantitative estimate of drug-likeness (QED) is 0.140. The van der Waals surface area contributed by atoms with E-state index >= 15 is 0 Å². The number of carbonyl (C=O) groups is 4. The van der Waals surface area contributed by atoms with Crippen molar-refractivity contribution in [3.05, 3.63) is 0 Å². The van der Waals surface area contributed by atoms with Crippen LogP contribution in [0, 0.1) is 5.41 Å². The molecule has 0 saturated carbocycles. The third-order valence-corrected chi connectivity index (χ3v) is 5.03. The monoisotopic (exact) mass is 472 g/mol. The van der Waals surface area contributed by atoms with Gasteiger partial charge in [0.15, 0.2) is 0 Å². The second kappa shape index (κ2) is 19.4. The van der Waals surface area contributed by atoms with Crippen LogP contribution in [0.1, 0.15) is 105 Å². The Bertz CT molecular complexity index is 523. The van der Waals surface area contributed by atoms with Crippen molar-refractivity contribution in [1.82, 2.24) is 0 Å². The van der Waals surface area contributed by atoms with Gasteiger partial charge in [-0.25, -0.2) is 0 Å². The molecular formula is C25H44O8. The number of rotatable bonds is 20. The summed E-state index contributed by atoms with van der Waals surface area (Å²) in [6, 6.07) is 0. The molecule has 0 bridgehead atoms. The Labute approximate surface area is 199 Å². The highest BCUT2D eigenvalue weighted by molar-refractivity contribution is 5.71. The summed E-state index contributed by atoms with van der Waals surface area (Å²) < 4.78 is 21.7. The largest absolute Gasteiger partial charge is 0.465 e. The summed E-state index contributed by atoms with van der Waals surface area (Å²) in [5.74, 6) is -1.60. The molecule has 0 aromatic rings. The molecule has 0 N–H and O–H groups in total. The maximum absolute atomic E-state index is 12.2. The van der Waals surface area contributed by atoms with E-state index in [-0.39, 0.29) is 64.0 Å². The van der Waals surface area contributed by atoms with Crippen LogP contribution in [-0.4, -0.2) is 50.3 Å². The van der Waals surface area contributed by atoms with Gasteiger partial charge in [-0.1, -0.05) is 53.4 Å². The van der Waals surface area contributed by atoms with E-state index in [2.05, 4.69) is 0 Å². The molecule has 0 atom stereocenters. The van der Waals surface area contributed by atoms with Gasteiger partial charge < -0.3 is 18.9 Å². The van der Waals surface area contributed by atoms with Gasteiger partial charge in [0.2, 0.25) is 0 Å². The fraction of sp³-hybridized carbons (Fsp3) is 0.840. The van der Waals surface area contributed by atoms with Crippen LogP contribution in [0.5, 0.6) is 0 Å². The molecule has 192 valence electrons. The van der Waals surface area contributed by atoms with Gasteiger partial charge in [-0.15, -0.1) is 0 Å². The Morgan fingerprint density at radius 1 is 0.455 bits per heavy atom. The predicted octanol–water partition coefficient (Wildman–Crippen LogP) is 4.91. The summed E-state index contributed by atoms with van der Waals surface area (Å²) in [6.07, 6.45) is 7.47. The van der Waals surface area contributed by atoms with Crippen LogP contribution in [0.4, 0.5) is 0 Å². The molecule has 0 rings (SSSR count). The first-order valence-corrected chi connectivity index (χ1v) is 12.4. The van der Waals surface area contributed by atoms with Crippen molar-refractivity contribution in [2.24, 2.45) is 5.41 Å². The van der Waals surface area contributed by atoms with E-state index in [4.69, 9.17) is 18.9 Å². The summed E-state index contributed by atoms with van der Waals surface area (Å²) in [5, 5.41) is 0.